The third-order valence-corrected chi connectivity index (χ3v) is 4.91. The van der Waals surface area contributed by atoms with Gasteiger partial charge in [0, 0.05) is 51.1 Å². The molecule has 2 aromatic carbocycles. The molecule has 3 nitrogen and oxygen atoms in total. The second-order valence-electron chi connectivity index (χ2n) is 5.09. The molecule has 6 heteroatoms. The number of hydrogen-bond donors (Lipinski definition) is 2. The first-order chi connectivity index (χ1) is 11.7. The van der Waals surface area contributed by atoms with Crippen molar-refractivity contribution in [1.82, 2.24) is 10.3 Å². The monoisotopic (exact) mass is 373 g/mol. The van der Waals surface area contributed by atoms with Crippen LogP contribution in [0.2, 0.25) is 5.02 Å². The van der Waals surface area contributed by atoms with E-state index in [1.807, 2.05) is 54.7 Å². The van der Waals surface area contributed by atoms with Crippen LogP contribution in [0.5, 0.6) is 0 Å². The summed E-state index contributed by atoms with van der Waals surface area (Å²) in [5.74, 6) is 0.920. The van der Waals surface area contributed by atoms with Crippen LogP contribution in [0.1, 0.15) is 0 Å². The van der Waals surface area contributed by atoms with E-state index in [0.717, 1.165) is 33.8 Å². The molecule has 0 aliphatic heterocycles. The number of thiocarbonyl (C=S) groups is 1. The number of hydrogen-bond acceptors (Lipinski definition) is 3. The number of nitrogens with zero attached hydrogens (tertiary/aromatic N) is 1. The van der Waals surface area contributed by atoms with Crippen LogP contribution in [-0.2, 0) is 0 Å². The van der Waals surface area contributed by atoms with Crippen LogP contribution >= 0.6 is 35.6 Å². The Morgan fingerprint density at radius 1 is 1.12 bits per heavy atom. The molecule has 3 rings (SSSR count). The van der Waals surface area contributed by atoms with E-state index in [0.29, 0.717) is 5.11 Å². The van der Waals surface area contributed by atoms with Gasteiger partial charge in [0.1, 0.15) is 0 Å². The van der Waals surface area contributed by atoms with Crippen LogP contribution in [0.15, 0.2) is 65.8 Å². The van der Waals surface area contributed by atoms with Gasteiger partial charge in [-0.1, -0.05) is 23.7 Å². The molecule has 1 aromatic heterocycles. The minimum atomic E-state index is 0.621. The number of benzene rings is 2. The molecule has 1 heterocycles. The summed E-state index contributed by atoms with van der Waals surface area (Å²) in [4.78, 5) is 5.34. The summed E-state index contributed by atoms with van der Waals surface area (Å²) < 4.78 is 0. The number of rotatable bonds is 5. The van der Waals surface area contributed by atoms with Gasteiger partial charge >= 0.3 is 0 Å². The summed E-state index contributed by atoms with van der Waals surface area (Å²) in [6.07, 6.45) is 3.63. The second kappa shape index (κ2) is 8.33. The SMILES string of the molecule is S=C(NCCSc1ccc(Cl)cc1)Nc1cccc2cnccc12. The Morgan fingerprint density at radius 2 is 1.96 bits per heavy atom. The first-order valence-electron chi connectivity index (χ1n) is 7.48. The zero-order valence-corrected chi connectivity index (χ0v) is 15.2. The van der Waals surface area contributed by atoms with Gasteiger partial charge in [0.15, 0.2) is 5.11 Å². The van der Waals surface area contributed by atoms with E-state index in [2.05, 4.69) is 15.6 Å². The summed E-state index contributed by atoms with van der Waals surface area (Å²) in [7, 11) is 0. The Balaban J connectivity index is 1.49. The number of anilines is 1. The number of pyridine rings is 1. The summed E-state index contributed by atoms with van der Waals surface area (Å²) in [5.41, 5.74) is 0.984. The van der Waals surface area contributed by atoms with Crippen LogP contribution in [0, 0.1) is 0 Å². The smallest absolute Gasteiger partial charge is 0.170 e. The zero-order valence-electron chi connectivity index (χ0n) is 12.8. The normalized spacial score (nSPS) is 10.5. The molecular weight excluding hydrogens is 358 g/mol. The van der Waals surface area contributed by atoms with Crippen LogP contribution in [-0.4, -0.2) is 22.4 Å². The van der Waals surface area contributed by atoms with Gasteiger partial charge < -0.3 is 10.6 Å². The van der Waals surface area contributed by atoms with Gasteiger partial charge in [0.25, 0.3) is 0 Å². The Bertz CT molecular complexity index is 832. The Morgan fingerprint density at radius 3 is 2.79 bits per heavy atom. The number of fused-ring (bicyclic) bond motifs is 1. The van der Waals surface area contributed by atoms with E-state index < -0.39 is 0 Å². The maximum absolute atomic E-state index is 5.88. The Labute approximate surface area is 155 Å². The van der Waals surface area contributed by atoms with E-state index in [-0.39, 0.29) is 0 Å². The topological polar surface area (TPSA) is 37.0 Å². The van der Waals surface area contributed by atoms with Crippen molar-refractivity contribution in [3.05, 3.63) is 65.9 Å². The lowest BCUT2D eigenvalue weighted by Crippen LogP contribution is -2.30. The first-order valence-corrected chi connectivity index (χ1v) is 9.25. The lowest BCUT2D eigenvalue weighted by Gasteiger charge is -2.12. The average Bonchev–Trinajstić information content (AvgIpc) is 2.61. The quantitative estimate of drug-likeness (QED) is 0.375. The highest BCUT2D eigenvalue weighted by molar-refractivity contribution is 7.99. The molecule has 0 aliphatic carbocycles. The fourth-order valence-electron chi connectivity index (χ4n) is 2.26. The summed E-state index contributed by atoms with van der Waals surface area (Å²) in [6.45, 7) is 0.783. The number of nitrogens with one attached hydrogen (secondary N) is 2. The molecule has 0 radical (unpaired) electrons. The van der Waals surface area contributed by atoms with Gasteiger partial charge in [-0.3, -0.25) is 4.98 Å². The fourth-order valence-corrected chi connectivity index (χ4v) is 3.37. The standard InChI is InChI=1S/C18H16ClN3S2/c19-14-4-6-15(7-5-14)24-11-10-21-18(23)22-17-3-1-2-13-12-20-9-8-16(13)17/h1-9,12H,10-11H2,(H2,21,22,23). The van der Waals surface area contributed by atoms with Crippen molar-refractivity contribution in [2.45, 2.75) is 4.90 Å². The molecule has 0 atom stereocenters. The van der Waals surface area contributed by atoms with Crippen molar-refractivity contribution in [2.75, 3.05) is 17.6 Å². The van der Waals surface area contributed by atoms with Crippen LogP contribution in [0.4, 0.5) is 5.69 Å². The highest BCUT2D eigenvalue weighted by Crippen LogP contribution is 2.22. The van der Waals surface area contributed by atoms with Crippen molar-refractivity contribution in [3.8, 4) is 0 Å². The first kappa shape index (κ1) is 17.0. The lowest BCUT2D eigenvalue weighted by atomic mass is 10.1. The third kappa shape index (κ3) is 4.60. The molecule has 0 aliphatic rings. The summed E-state index contributed by atoms with van der Waals surface area (Å²) in [5, 5.41) is 10.1. The number of halogens is 1. The summed E-state index contributed by atoms with van der Waals surface area (Å²) in [6, 6.07) is 15.9. The molecule has 0 amide bonds. The zero-order chi connectivity index (χ0) is 16.8. The van der Waals surface area contributed by atoms with Crippen molar-refractivity contribution in [1.29, 1.82) is 0 Å². The van der Waals surface area contributed by atoms with Crippen LogP contribution in [0.25, 0.3) is 10.8 Å². The molecule has 122 valence electrons. The van der Waals surface area contributed by atoms with Gasteiger partial charge in [-0.2, -0.15) is 0 Å². The van der Waals surface area contributed by atoms with Crippen molar-refractivity contribution >= 4 is 57.2 Å². The predicted molar refractivity (Wildman–Crippen MR) is 108 cm³/mol. The van der Waals surface area contributed by atoms with E-state index in [4.69, 9.17) is 23.8 Å². The Hall–Kier alpha value is -1.82. The minimum Gasteiger partial charge on any atom is -0.362 e. The lowest BCUT2D eigenvalue weighted by molar-refractivity contribution is 0.990. The fraction of sp³-hybridized carbons (Fsp3) is 0.111. The largest absolute Gasteiger partial charge is 0.362 e. The maximum atomic E-state index is 5.88. The molecule has 2 N–H and O–H groups in total. The second-order valence-corrected chi connectivity index (χ2v) is 7.10. The van der Waals surface area contributed by atoms with Gasteiger partial charge in [0.05, 0.1) is 0 Å². The highest BCUT2D eigenvalue weighted by Gasteiger charge is 2.02. The number of thioether (sulfide) groups is 1. The molecule has 0 unspecified atom stereocenters. The van der Waals surface area contributed by atoms with Gasteiger partial charge in [-0.25, -0.2) is 0 Å². The van der Waals surface area contributed by atoms with Gasteiger partial charge in [-0.05, 0) is 48.6 Å². The van der Waals surface area contributed by atoms with Crippen molar-refractivity contribution < 1.29 is 0 Å². The van der Waals surface area contributed by atoms with E-state index in [1.165, 1.54) is 4.90 Å². The van der Waals surface area contributed by atoms with Crippen molar-refractivity contribution in [3.63, 3.8) is 0 Å². The Kier molecular flexibility index (Phi) is 5.91. The number of aromatic nitrogens is 1. The summed E-state index contributed by atoms with van der Waals surface area (Å²) >= 11 is 13.0. The molecule has 0 bridgehead atoms. The third-order valence-electron chi connectivity index (χ3n) is 3.40. The van der Waals surface area contributed by atoms with E-state index >= 15 is 0 Å². The molecule has 0 fully saturated rings. The molecule has 0 saturated carbocycles. The minimum absolute atomic E-state index is 0.621. The van der Waals surface area contributed by atoms with Gasteiger partial charge in [-0.15, -0.1) is 11.8 Å². The van der Waals surface area contributed by atoms with Crippen LogP contribution in [0.3, 0.4) is 0 Å². The van der Waals surface area contributed by atoms with E-state index in [1.54, 1.807) is 18.0 Å². The van der Waals surface area contributed by atoms with E-state index in [9.17, 15) is 0 Å². The predicted octanol–water partition coefficient (Wildman–Crippen LogP) is 4.97. The molecule has 24 heavy (non-hydrogen) atoms. The van der Waals surface area contributed by atoms with Gasteiger partial charge in [0.2, 0.25) is 0 Å². The molecule has 0 spiro atoms. The molecular formula is C18H16ClN3S2. The average molecular weight is 374 g/mol. The highest BCUT2D eigenvalue weighted by atomic mass is 35.5. The maximum Gasteiger partial charge on any atom is 0.170 e. The van der Waals surface area contributed by atoms with Crippen molar-refractivity contribution in [2.24, 2.45) is 0 Å². The van der Waals surface area contributed by atoms with Crippen LogP contribution < -0.4 is 10.6 Å². The molecule has 0 saturated heterocycles. The molecule has 3 aromatic rings.